The number of ether oxygens (including phenoxy) is 1. The van der Waals surface area contributed by atoms with E-state index < -0.39 is 0 Å². The highest BCUT2D eigenvalue weighted by Crippen LogP contribution is 2.22. The standard InChI is InChI=1S/C14H15BrClNOS/c1-10-8-11(15)2-4-13(10)18-7-6-17-9-12-3-5-14(16)19-12/h2-5,8,17H,6-7,9H2,1H3. The monoisotopic (exact) mass is 359 g/mol. The second-order valence-corrected chi connectivity index (χ2v) is 6.86. The van der Waals surface area contributed by atoms with Crippen molar-refractivity contribution >= 4 is 38.9 Å². The maximum Gasteiger partial charge on any atom is 0.122 e. The molecule has 0 radical (unpaired) electrons. The summed E-state index contributed by atoms with van der Waals surface area (Å²) in [6.07, 6.45) is 0. The number of hydrogen-bond acceptors (Lipinski definition) is 3. The van der Waals surface area contributed by atoms with Gasteiger partial charge in [0.25, 0.3) is 0 Å². The van der Waals surface area contributed by atoms with Crippen molar-refractivity contribution in [3.05, 3.63) is 49.6 Å². The summed E-state index contributed by atoms with van der Waals surface area (Å²) in [4.78, 5) is 1.24. The van der Waals surface area contributed by atoms with Crippen LogP contribution in [0.15, 0.2) is 34.8 Å². The Bertz CT molecular complexity index is 544. The lowest BCUT2D eigenvalue weighted by atomic mass is 10.2. The molecule has 1 aromatic heterocycles. The van der Waals surface area contributed by atoms with Crippen LogP contribution in [-0.2, 0) is 6.54 Å². The number of aryl methyl sites for hydroxylation is 1. The molecule has 102 valence electrons. The highest BCUT2D eigenvalue weighted by atomic mass is 79.9. The van der Waals surface area contributed by atoms with Gasteiger partial charge in [0.1, 0.15) is 12.4 Å². The van der Waals surface area contributed by atoms with E-state index in [1.54, 1.807) is 11.3 Å². The summed E-state index contributed by atoms with van der Waals surface area (Å²) >= 11 is 10.9. The van der Waals surface area contributed by atoms with Crippen LogP contribution in [0.5, 0.6) is 5.75 Å². The molecule has 0 unspecified atom stereocenters. The molecule has 2 aromatic rings. The highest BCUT2D eigenvalue weighted by molar-refractivity contribution is 9.10. The molecule has 1 N–H and O–H groups in total. The lowest BCUT2D eigenvalue weighted by molar-refractivity contribution is 0.312. The van der Waals surface area contributed by atoms with Gasteiger partial charge in [0.2, 0.25) is 0 Å². The lowest BCUT2D eigenvalue weighted by Crippen LogP contribution is -2.20. The third-order valence-corrected chi connectivity index (χ3v) is 4.33. The van der Waals surface area contributed by atoms with E-state index in [2.05, 4.69) is 27.3 Å². The van der Waals surface area contributed by atoms with Crippen LogP contribution in [0.25, 0.3) is 0 Å². The van der Waals surface area contributed by atoms with Gasteiger partial charge < -0.3 is 10.1 Å². The summed E-state index contributed by atoms with van der Waals surface area (Å²) in [5.41, 5.74) is 1.14. The number of halogens is 2. The van der Waals surface area contributed by atoms with Crippen molar-refractivity contribution in [3.63, 3.8) is 0 Å². The van der Waals surface area contributed by atoms with E-state index in [4.69, 9.17) is 16.3 Å². The van der Waals surface area contributed by atoms with Crippen LogP contribution < -0.4 is 10.1 Å². The van der Waals surface area contributed by atoms with E-state index in [0.29, 0.717) is 6.61 Å². The van der Waals surface area contributed by atoms with Crippen molar-refractivity contribution in [2.24, 2.45) is 0 Å². The van der Waals surface area contributed by atoms with Gasteiger partial charge in [-0.15, -0.1) is 11.3 Å². The van der Waals surface area contributed by atoms with Gasteiger partial charge in [-0.3, -0.25) is 0 Å². The molecule has 0 fully saturated rings. The van der Waals surface area contributed by atoms with Crippen LogP contribution >= 0.6 is 38.9 Å². The molecule has 0 atom stereocenters. The number of thiophene rings is 1. The molecule has 0 aliphatic rings. The first kappa shape index (κ1) is 14.9. The van der Waals surface area contributed by atoms with Crippen molar-refractivity contribution in [1.29, 1.82) is 0 Å². The van der Waals surface area contributed by atoms with Crippen LogP contribution in [0.1, 0.15) is 10.4 Å². The van der Waals surface area contributed by atoms with Crippen molar-refractivity contribution in [2.45, 2.75) is 13.5 Å². The first-order chi connectivity index (χ1) is 9.15. The Morgan fingerprint density at radius 2 is 2.16 bits per heavy atom. The molecule has 0 amide bonds. The van der Waals surface area contributed by atoms with Crippen molar-refractivity contribution in [2.75, 3.05) is 13.2 Å². The number of nitrogens with one attached hydrogen (secondary N) is 1. The van der Waals surface area contributed by atoms with Crippen molar-refractivity contribution in [1.82, 2.24) is 5.32 Å². The highest BCUT2D eigenvalue weighted by Gasteiger charge is 2.00. The Labute approximate surface area is 130 Å². The first-order valence-electron chi connectivity index (χ1n) is 5.99. The average Bonchev–Trinajstić information content (AvgIpc) is 2.77. The largest absolute Gasteiger partial charge is 0.492 e. The minimum atomic E-state index is 0.654. The maximum atomic E-state index is 5.87. The van der Waals surface area contributed by atoms with Crippen LogP contribution in [0, 0.1) is 6.92 Å². The fraction of sp³-hybridized carbons (Fsp3) is 0.286. The third-order valence-electron chi connectivity index (χ3n) is 2.60. The maximum absolute atomic E-state index is 5.87. The Morgan fingerprint density at radius 3 is 2.84 bits per heavy atom. The Balaban J connectivity index is 1.69. The van der Waals surface area contributed by atoms with Gasteiger partial charge in [-0.25, -0.2) is 0 Å². The molecule has 5 heteroatoms. The molecule has 0 bridgehead atoms. The zero-order chi connectivity index (χ0) is 13.7. The third kappa shape index (κ3) is 4.80. The van der Waals surface area contributed by atoms with Crippen LogP contribution in [0.2, 0.25) is 4.34 Å². The fourth-order valence-corrected chi connectivity index (χ4v) is 3.20. The zero-order valence-electron chi connectivity index (χ0n) is 10.6. The van der Waals surface area contributed by atoms with E-state index in [-0.39, 0.29) is 0 Å². The Hall–Kier alpha value is -0.550. The van der Waals surface area contributed by atoms with Gasteiger partial charge in [0.15, 0.2) is 0 Å². The van der Waals surface area contributed by atoms with Gasteiger partial charge in [-0.2, -0.15) is 0 Å². The average molecular weight is 361 g/mol. The van der Waals surface area contributed by atoms with Gasteiger partial charge in [-0.05, 0) is 42.8 Å². The van der Waals surface area contributed by atoms with Crippen molar-refractivity contribution < 1.29 is 4.74 Å². The summed E-state index contributed by atoms with van der Waals surface area (Å²) in [5.74, 6) is 0.934. The summed E-state index contributed by atoms with van der Waals surface area (Å²) in [5, 5.41) is 3.33. The molecule has 0 saturated carbocycles. The smallest absolute Gasteiger partial charge is 0.122 e. The second-order valence-electron chi connectivity index (χ2n) is 4.14. The first-order valence-corrected chi connectivity index (χ1v) is 7.98. The molecule has 2 nitrogen and oxygen atoms in total. The summed E-state index contributed by atoms with van der Waals surface area (Å²) < 4.78 is 7.64. The molecule has 0 saturated heterocycles. The fourth-order valence-electron chi connectivity index (χ4n) is 1.67. The molecular formula is C14H15BrClNOS. The minimum absolute atomic E-state index is 0.654. The van der Waals surface area contributed by atoms with Crippen LogP contribution in [0.3, 0.4) is 0 Å². The topological polar surface area (TPSA) is 21.3 Å². The van der Waals surface area contributed by atoms with Gasteiger partial charge in [0, 0.05) is 22.4 Å². The number of rotatable bonds is 6. The molecule has 1 heterocycles. The number of hydrogen-bond donors (Lipinski definition) is 1. The van der Waals surface area contributed by atoms with E-state index in [1.165, 1.54) is 4.88 Å². The molecule has 1 aromatic carbocycles. The number of benzene rings is 1. The van der Waals surface area contributed by atoms with Gasteiger partial charge in [0.05, 0.1) is 4.34 Å². The molecular weight excluding hydrogens is 346 g/mol. The van der Waals surface area contributed by atoms with Gasteiger partial charge >= 0.3 is 0 Å². The zero-order valence-corrected chi connectivity index (χ0v) is 13.7. The summed E-state index contributed by atoms with van der Waals surface area (Å²) in [7, 11) is 0. The second kappa shape index (κ2) is 7.29. The molecule has 19 heavy (non-hydrogen) atoms. The van der Waals surface area contributed by atoms with E-state index in [1.807, 2.05) is 31.2 Å². The van der Waals surface area contributed by atoms with Gasteiger partial charge in [-0.1, -0.05) is 27.5 Å². The van der Waals surface area contributed by atoms with E-state index >= 15 is 0 Å². The molecule has 0 aliphatic carbocycles. The Morgan fingerprint density at radius 1 is 1.32 bits per heavy atom. The SMILES string of the molecule is Cc1cc(Br)ccc1OCCNCc1ccc(Cl)s1. The molecule has 0 aliphatic heterocycles. The van der Waals surface area contributed by atoms with Crippen LogP contribution in [0.4, 0.5) is 0 Å². The Kier molecular flexibility index (Phi) is 5.70. The summed E-state index contributed by atoms with van der Waals surface area (Å²) in [6, 6.07) is 9.99. The normalized spacial score (nSPS) is 10.7. The van der Waals surface area contributed by atoms with E-state index in [0.717, 1.165) is 33.2 Å². The van der Waals surface area contributed by atoms with Crippen LogP contribution in [-0.4, -0.2) is 13.2 Å². The predicted octanol–water partition coefficient (Wildman–Crippen LogP) is 4.64. The lowest BCUT2D eigenvalue weighted by Gasteiger charge is -2.09. The van der Waals surface area contributed by atoms with Crippen molar-refractivity contribution in [3.8, 4) is 5.75 Å². The summed E-state index contributed by atoms with van der Waals surface area (Å²) in [6.45, 7) is 4.34. The quantitative estimate of drug-likeness (QED) is 0.758. The molecule has 0 spiro atoms. The van der Waals surface area contributed by atoms with E-state index in [9.17, 15) is 0 Å². The predicted molar refractivity (Wildman–Crippen MR) is 85.4 cm³/mol. The molecule has 2 rings (SSSR count). The minimum Gasteiger partial charge on any atom is -0.492 e.